The molecule has 0 bridgehead atoms. The molecule has 0 spiro atoms. The van der Waals surface area contributed by atoms with E-state index >= 15 is 0 Å². The molecule has 1 aliphatic heterocycles. The van der Waals surface area contributed by atoms with Crippen molar-refractivity contribution in [3.05, 3.63) is 0 Å². The summed E-state index contributed by atoms with van der Waals surface area (Å²) in [6.07, 6.45) is -0.618. The molecule has 0 N–H and O–H groups in total. The van der Waals surface area contributed by atoms with Crippen LogP contribution in [0.5, 0.6) is 0 Å². The zero-order valence-corrected chi connectivity index (χ0v) is 5.14. The first-order valence-corrected chi connectivity index (χ1v) is 2.64. The van der Waals surface area contributed by atoms with Crippen molar-refractivity contribution in [2.45, 2.75) is 12.3 Å². The van der Waals surface area contributed by atoms with E-state index in [-0.39, 0.29) is 6.61 Å². The summed E-state index contributed by atoms with van der Waals surface area (Å²) < 4.78 is 47.0. The van der Waals surface area contributed by atoms with Gasteiger partial charge in [-0.3, -0.25) is 0 Å². The summed E-state index contributed by atoms with van der Waals surface area (Å²) in [4.78, 5) is 7.65. The molecular formula is C3H4F4N2O2. The number of halogens is 4. The maximum Gasteiger partial charge on any atom is 0.326 e. The normalized spacial score (nSPS) is 23.5. The Kier molecular flexibility index (Phi) is 2.28. The van der Waals surface area contributed by atoms with Crippen LogP contribution in [-0.4, -0.2) is 23.1 Å². The molecule has 66 valence electrons. The van der Waals surface area contributed by atoms with Gasteiger partial charge >= 0.3 is 5.85 Å². The Balaban J connectivity index is 2.70. The lowest BCUT2D eigenvalue weighted by Crippen LogP contribution is -2.47. The summed E-state index contributed by atoms with van der Waals surface area (Å²) in [7, 11) is 0. The lowest BCUT2D eigenvalue weighted by molar-refractivity contribution is -0.504. The highest BCUT2D eigenvalue weighted by Gasteiger charge is 2.53. The van der Waals surface area contributed by atoms with Gasteiger partial charge in [-0.1, -0.05) is 17.9 Å². The van der Waals surface area contributed by atoms with Crippen molar-refractivity contribution in [1.29, 1.82) is 0 Å². The first-order chi connectivity index (χ1) is 5.09. The van der Waals surface area contributed by atoms with Gasteiger partial charge in [0, 0.05) is 6.42 Å². The van der Waals surface area contributed by atoms with E-state index in [1.165, 1.54) is 0 Å². The summed E-state index contributed by atoms with van der Waals surface area (Å²) in [6.45, 7) is -0.297. The van der Waals surface area contributed by atoms with E-state index in [0.29, 0.717) is 0 Å². The van der Waals surface area contributed by atoms with Crippen molar-refractivity contribution >= 4 is 0 Å². The fourth-order valence-corrected chi connectivity index (χ4v) is 0.635. The Bertz CT molecular complexity index is 127. The molecule has 1 fully saturated rings. The fraction of sp³-hybridized carbons (Fsp3) is 1.00. The Morgan fingerprint density at radius 3 is 1.82 bits per heavy atom. The Labute approximate surface area is 58.5 Å². The molecule has 1 aliphatic rings. The quantitative estimate of drug-likeness (QED) is 0.272. The van der Waals surface area contributed by atoms with Crippen LogP contribution in [0.15, 0.2) is 0 Å². The number of hydrogen-bond donors (Lipinski definition) is 0. The van der Waals surface area contributed by atoms with E-state index in [9.17, 15) is 17.9 Å². The maximum atomic E-state index is 11.8. The van der Waals surface area contributed by atoms with Crippen LogP contribution in [0.2, 0.25) is 0 Å². The van der Waals surface area contributed by atoms with Gasteiger partial charge in [0.25, 0.3) is 0 Å². The van der Waals surface area contributed by atoms with Crippen LogP contribution < -0.4 is 0 Å². The molecule has 0 aromatic rings. The monoisotopic (exact) mass is 176 g/mol. The molecule has 1 saturated heterocycles. The van der Waals surface area contributed by atoms with Crippen LogP contribution >= 0.6 is 0 Å². The lowest BCUT2D eigenvalue weighted by atomic mass is 10.3. The van der Waals surface area contributed by atoms with Crippen LogP contribution in [0, 0.1) is 0 Å². The number of nitrogens with zero attached hydrogens (tertiary/aromatic N) is 2. The summed E-state index contributed by atoms with van der Waals surface area (Å²) in [5.41, 5.74) is 0. The molecule has 1 rings (SSSR count). The highest BCUT2D eigenvalue weighted by Crippen LogP contribution is 2.32. The van der Waals surface area contributed by atoms with Gasteiger partial charge in [-0.15, -0.1) is 0 Å². The lowest BCUT2D eigenvalue weighted by Gasteiger charge is -2.23. The predicted octanol–water partition coefficient (Wildman–Crippen LogP) is 1.13. The van der Waals surface area contributed by atoms with Gasteiger partial charge in [0.2, 0.25) is 0 Å². The third-order valence-electron chi connectivity index (χ3n) is 1.23. The van der Waals surface area contributed by atoms with Crippen molar-refractivity contribution in [1.82, 2.24) is 10.7 Å². The van der Waals surface area contributed by atoms with Gasteiger partial charge in [0.05, 0.1) is 17.3 Å². The molecule has 0 unspecified atom stereocenters. The van der Waals surface area contributed by atoms with Crippen LogP contribution in [0.25, 0.3) is 0 Å². The van der Waals surface area contributed by atoms with E-state index < -0.39 is 23.0 Å². The molecule has 0 atom stereocenters. The highest BCUT2D eigenvalue weighted by atomic mass is 19.4. The van der Waals surface area contributed by atoms with E-state index in [1.807, 2.05) is 0 Å². The molecule has 0 aromatic heterocycles. The van der Waals surface area contributed by atoms with Crippen molar-refractivity contribution < 1.29 is 27.7 Å². The Morgan fingerprint density at radius 2 is 1.64 bits per heavy atom. The third-order valence-corrected chi connectivity index (χ3v) is 1.23. The van der Waals surface area contributed by atoms with Crippen molar-refractivity contribution in [3.8, 4) is 0 Å². The second-order valence-corrected chi connectivity index (χ2v) is 1.86. The minimum atomic E-state index is -3.03. The van der Waals surface area contributed by atoms with Crippen molar-refractivity contribution in [2.75, 3.05) is 6.61 Å². The Morgan fingerprint density at radius 1 is 1.09 bits per heavy atom. The molecule has 0 radical (unpaired) electrons. The standard InChI is InChI=1S/C3H4F4N2O2/c4-8(5)3(9(6)7)1-2-10-11-3/h1-2H2. The zero-order valence-electron chi connectivity index (χ0n) is 5.14. The largest absolute Gasteiger partial charge is 0.326 e. The first-order valence-electron chi connectivity index (χ1n) is 2.64. The van der Waals surface area contributed by atoms with Crippen molar-refractivity contribution in [3.63, 3.8) is 0 Å². The van der Waals surface area contributed by atoms with Gasteiger partial charge in [-0.2, -0.15) is 4.89 Å². The average molecular weight is 176 g/mol. The molecule has 1 heterocycles. The van der Waals surface area contributed by atoms with E-state index in [2.05, 4.69) is 9.78 Å². The molecule has 0 aliphatic carbocycles. The van der Waals surface area contributed by atoms with Gasteiger partial charge in [0.1, 0.15) is 0 Å². The third kappa shape index (κ3) is 1.29. The second-order valence-electron chi connectivity index (χ2n) is 1.86. The molecular weight excluding hydrogens is 172 g/mol. The van der Waals surface area contributed by atoms with Crippen LogP contribution in [-0.2, 0) is 9.78 Å². The SMILES string of the molecule is FN(F)C1(N(F)F)CCOO1. The summed E-state index contributed by atoms with van der Waals surface area (Å²) in [5, 5.41) is -3.47. The molecule has 0 amide bonds. The van der Waals surface area contributed by atoms with Gasteiger partial charge in [0.15, 0.2) is 0 Å². The van der Waals surface area contributed by atoms with E-state index in [4.69, 9.17) is 0 Å². The predicted molar refractivity (Wildman–Crippen MR) is 22.5 cm³/mol. The molecule has 8 heteroatoms. The molecule has 0 aromatic carbocycles. The van der Waals surface area contributed by atoms with Gasteiger partial charge in [-0.25, -0.2) is 4.89 Å². The topological polar surface area (TPSA) is 24.9 Å². The fourth-order valence-electron chi connectivity index (χ4n) is 0.635. The minimum Gasteiger partial charge on any atom is -0.233 e. The molecule has 0 saturated carbocycles. The molecule has 4 nitrogen and oxygen atoms in total. The summed E-state index contributed by atoms with van der Waals surface area (Å²) in [5.74, 6) is -3.03. The Hall–Kier alpha value is -0.440. The zero-order chi connectivity index (χ0) is 8.48. The van der Waals surface area contributed by atoms with E-state index in [1.54, 1.807) is 0 Å². The van der Waals surface area contributed by atoms with Gasteiger partial charge in [-0.05, 0) is 0 Å². The smallest absolute Gasteiger partial charge is 0.233 e. The maximum absolute atomic E-state index is 11.8. The van der Waals surface area contributed by atoms with Crippen LogP contribution in [0.3, 0.4) is 0 Å². The number of rotatable bonds is 2. The number of hydrogen-bond acceptors (Lipinski definition) is 4. The summed E-state index contributed by atoms with van der Waals surface area (Å²) in [6, 6.07) is 0. The average Bonchev–Trinajstić information content (AvgIpc) is 2.34. The van der Waals surface area contributed by atoms with Crippen molar-refractivity contribution in [2.24, 2.45) is 0 Å². The second kappa shape index (κ2) is 2.89. The minimum absolute atomic E-state index is 0.297. The van der Waals surface area contributed by atoms with Gasteiger partial charge < -0.3 is 0 Å². The van der Waals surface area contributed by atoms with E-state index in [0.717, 1.165) is 0 Å². The first kappa shape index (κ1) is 8.65. The molecule has 11 heavy (non-hydrogen) atoms. The van der Waals surface area contributed by atoms with Crippen LogP contribution in [0.4, 0.5) is 17.9 Å². The highest BCUT2D eigenvalue weighted by molar-refractivity contribution is 4.66. The van der Waals surface area contributed by atoms with Crippen LogP contribution in [0.1, 0.15) is 6.42 Å². The summed E-state index contributed by atoms with van der Waals surface area (Å²) >= 11 is 0.